The largest absolute Gasteiger partial charge is 0.493 e. The summed E-state index contributed by atoms with van der Waals surface area (Å²) in [6.45, 7) is 0. The van der Waals surface area contributed by atoms with Gasteiger partial charge in [0.05, 0.1) is 19.9 Å². The number of halogens is 1. The van der Waals surface area contributed by atoms with Crippen LogP contribution in [0, 0.1) is 5.82 Å². The van der Waals surface area contributed by atoms with Crippen LogP contribution in [-0.4, -0.2) is 31.1 Å². The van der Waals surface area contributed by atoms with Gasteiger partial charge in [0.1, 0.15) is 11.4 Å². The van der Waals surface area contributed by atoms with Crippen molar-refractivity contribution in [3.05, 3.63) is 59.4 Å². The van der Waals surface area contributed by atoms with Gasteiger partial charge in [-0.15, -0.1) is 0 Å². The molecule has 1 heterocycles. The normalized spacial score (nSPS) is 15.7. The second-order valence-corrected chi connectivity index (χ2v) is 5.88. The molecule has 2 aromatic rings. The Kier molecular flexibility index (Phi) is 5.18. The average molecular weight is 386 g/mol. The van der Waals surface area contributed by atoms with Gasteiger partial charge in [0.25, 0.3) is 11.8 Å². The van der Waals surface area contributed by atoms with Gasteiger partial charge in [-0.2, -0.15) is 0 Å². The Morgan fingerprint density at radius 1 is 1.07 bits per heavy atom. The van der Waals surface area contributed by atoms with E-state index < -0.39 is 17.6 Å². The summed E-state index contributed by atoms with van der Waals surface area (Å²) in [5.41, 5.74) is 0.200. The number of ether oxygens (including phenoxy) is 2. The Balaban J connectivity index is 2.09. The van der Waals surface area contributed by atoms with E-state index in [9.17, 15) is 14.0 Å². The second kappa shape index (κ2) is 7.55. The first kappa shape index (κ1) is 18.5. The molecule has 138 valence electrons. The lowest BCUT2D eigenvalue weighted by molar-refractivity contribution is -0.122. The molecule has 1 N–H and O–H groups in total. The molecule has 1 aliphatic heterocycles. The minimum absolute atomic E-state index is 0.0454. The van der Waals surface area contributed by atoms with Gasteiger partial charge in [-0.05, 0) is 36.5 Å². The number of nitrogens with one attached hydrogen (secondary N) is 1. The minimum atomic E-state index is -0.737. The zero-order valence-electron chi connectivity index (χ0n) is 14.5. The number of rotatable bonds is 4. The number of hydrogen-bond donors (Lipinski definition) is 1. The predicted molar refractivity (Wildman–Crippen MR) is 102 cm³/mol. The minimum Gasteiger partial charge on any atom is -0.493 e. The highest BCUT2D eigenvalue weighted by Crippen LogP contribution is 2.33. The molecule has 0 saturated carbocycles. The van der Waals surface area contributed by atoms with E-state index in [2.05, 4.69) is 5.32 Å². The van der Waals surface area contributed by atoms with Crippen molar-refractivity contribution in [3.8, 4) is 11.5 Å². The molecular weight excluding hydrogens is 371 g/mol. The number of anilines is 1. The van der Waals surface area contributed by atoms with Crippen molar-refractivity contribution < 1.29 is 23.5 Å². The molecule has 1 fully saturated rings. The molecule has 3 rings (SSSR count). The van der Waals surface area contributed by atoms with Gasteiger partial charge in [-0.1, -0.05) is 24.3 Å². The van der Waals surface area contributed by atoms with Crippen molar-refractivity contribution in [3.63, 3.8) is 0 Å². The smallest absolute Gasteiger partial charge is 0.270 e. The highest BCUT2D eigenvalue weighted by atomic mass is 32.1. The highest BCUT2D eigenvalue weighted by molar-refractivity contribution is 7.80. The maximum atomic E-state index is 14.2. The van der Waals surface area contributed by atoms with Crippen molar-refractivity contribution in [2.45, 2.75) is 0 Å². The number of hydrogen-bond acceptors (Lipinski definition) is 5. The molecule has 1 saturated heterocycles. The predicted octanol–water partition coefficient (Wildman–Crippen LogP) is 2.67. The monoisotopic (exact) mass is 386 g/mol. The summed E-state index contributed by atoms with van der Waals surface area (Å²) in [5, 5.41) is 2.22. The van der Waals surface area contributed by atoms with Gasteiger partial charge in [0.15, 0.2) is 16.6 Å². The van der Waals surface area contributed by atoms with Crippen molar-refractivity contribution >= 4 is 40.9 Å². The Morgan fingerprint density at radius 3 is 2.48 bits per heavy atom. The van der Waals surface area contributed by atoms with E-state index in [0.717, 1.165) is 4.90 Å². The summed E-state index contributed by atoms with van der Waals surface area (Å²) in [7, 11) is 2.93. The maximum Gasteiger partial charge on any atom is 0.270 e. The standard InChI is InChI=1S/C19H15FN2O4S/c1-25-15-9-5-6-11(16(15)26-2)10-12-17(23)21-19(27)22(18(12)24)14-8-4-3-7-13(14)20/h3-10H,1-2H3,(H,21,23,27). The van der Waals surface area contributed by atoms with Crippen LogP contribution in [-0.2, 0) is 9.59 Å². The third-order valence-electron chi connectivity index (χ3n) is 3.93. The quantitative estimate of drug-likeness (QED) is 0.497. The molecule has 0 radical (unpaired) electrons. The molecule has 1 aliphatic rings. The van der Waals surface area contributed by atoms with Gasteiger partial charge in [-0.3, -0.25) is 14.9 Å². The summed E-state index contributed by atoms with van der Waals surface area (Å²) in [5.74, 6) is -1.25. The van der Waals surface area contributed by atoms with Gasteiger partial charge in [-0.25, -0.2) is 9.29 Å². The van der Waals surface area contributed by atoms with Crippen molar-refractivity contribution in [1.29, 1.82) is 0 Å². The number of nitrogens with zero attached hydrogens (tertiary/aromatic N) is 1. The number of benzene rings is 2. The molecule has 0 aromatic heterocycles. The van der Waals surface area contributed by atoms with E-state index in [1.54, 1.807) is 24.3 Å². The first-order chi connectivity index (χ1) is 13.0. The maximum absolute atomic E-state index is 14.2. The van der Waals surface area contributed by atoms with Crippen LogP contribution in [0.2, 0.25) is 0 Å². The Bertz CT molecular complexity index is 974. The fourth-order valence-corrected chi connectivity index (χ4v) is 2.96. The van der Waals surface area contributed by atoms with Gasteiger partial charge >= 0.3 is 0 Å². The molecule has 27 heavy (non-hydrogen) atoms. The van der Waals surface area contributed by atoms with Gasteiger partial charge < -0.3 is 9.47 Å². The second-order valence-electron chi connectivity index (χ2n) is 5.49. The van der Waals surface area contributed by atoms with E-state index in [1.807, 2.05) is 0 Å². The Morgan fingerprint density at radius 2 is 1.81 bits per heavy atom. The Labute approximate surface area is 160 Å². The van der Waals surface area contributed by atoms with Crippen LogP contribution in [0.1, 0.15) is 5.56 Å². The number of thiocarbonyl (C=S) groups is 1. The van der Waals surface area contributed by atoms with Crippen molar-refractivity contribution in [2.24, 2.45) is 0 Å². The lowest BCUT2D eigenvalue weighted by Gasteiger charge is -2.29. The lowest BCUT2D eigenvalue weighted by Crippen LogP contribution is -2.54. The summed E-state index contributed by atoms with van der Waals surface area (Å²) >= 11 is 5.06. The van der Waals surface area contributed by atoms with E-state index >= 15 is 0 Å². The van der Waals surface area contributed by atoms with Crippen LogP contribution in [0.5, 0.6) is 11.5 Å². The molecule has 0 unspecified atom stereocenters. The fraction of sp³-hybridized carbons (Fsp3) is 0.105. The molecule has 2 aromatic carbocycles. The zero-order chi connectivity index (χ0) is 19.6. The van der Waals surface area contributed by atoms with Crippen LogP contribution in [0.25, 0.3) is 6.08 Å². The van der Waals surface area contributed by atoms with Gasteiger partial charge in [0, 0.05) is 5.56 Å². The van der Waals surface area contributed by atoms with E-state index in [-0.39, 0.29) is 16.4 Å². The van der Waals surface area contributed by atoms with Crippen LogP contribution in [0.15, 0.2) is 48.0 Å². The lowest BCUT2D eigenvalue weighted by atomic mass is 10.1. The molecular formula is C19H15FN2O4S. The first-order valence-corrected chi connectivity index (χ1v) is 8.25. The molecule has 0 bridgehead atoms. The van der Waals surface area contributed by atoms with E-state index in [1.165, 1.54) is 38.5 Å². The van der Waals surface area contributed by atoms with Crippen LogP contribution in [0.4, 0.5) is 10.1 Å². The van der Waals surface area contributed by atoms with Crippen molar-refractivity contribution in [2.75, 3.05) is 19.1 Å². The third-order valence-corrected chi connectivity index (χ3v) is 4.21. The Hall–Kier alpha value is -3.26. The molecule has 2 amide bonds. The van der Waals surface area contributed by atoms with Crippen LogP contribution < -0.4 is 19.7 Å². The average Bonchev–Trinajstić information content (AvgIpc) is 2.66. The zero-order valence-corrected chi connectivity index (χ0v) is 15.3. The van der Waals surface area contributed by atoms with E-state index in [4.69, 9.17) is 21.7 Å². The van der Waals surface area contributed by atoms with Gasteiger partial charge in [0.2, 0.25) is 0 Å². The number of carbonyl (C=O) groups is 2. The van der Waals surface area contributed by atoms with Crippen molar-refractivity contribution in [1.82, 2.24) is 5.32 Å². The molecule has 0 atom stereocenters. The molecule has 0 aliphatic carbocycles. The van der Waals surface area contributed by atoms with Crippen LogP contribution in [0.3, 0.4) is 0 Å². The number of para-hydroxylation sites is 2. The number of methoxy groups -OCH3 is 2. The first-order valence-electron chi connectivity index (χ1n) is 7.85. The number of amides is 2. The van der Waals surface area contributed by atoms with Crippen LogP contribution >= 0.6 is 12.2 Å². The SMILES string of the molecule is COc1cccc(C=C2C(=O)NC(=S)N(c3ccccc3F)C2=O)c1OC. The van der Waals surface area contributed by atoms with E-state index in [0.29, 0.717) is 17.1 Å². The third kappa shape index (κ3) is 3.39. The summed E-state index contributed by atoms with van der Waals surface area (Å²) in [6, 6.07) is 10.7. The molecule has 0 spiro atoms. The summed E-state index contributed by atoms with van der Waals surface area (Å²) in [4.78, 5) is 26.2. The summed E-state index contributed by atoms with van der Waals surface area (Å²) in [6.07, 6.45) is 1.36. The topological polar surface area (TPSA) is 67.9 Å². The number of carbonyl (C=O) groups excluding carboxylic acids is 2. The summed E-state index contributed by atoms with van der Waals surface area (Å²) < 4.78 is 24.7. The fourth-order valence-electron chi connectivity index (χ4n) is 2.69. The highest BCUT2D eigenvalue weighted by Gasteiger charge is 2.35. The molecule has 6 nitrogen and oxygen atoms in total. The molecule has 8 heteroatoms.